The summed E-state index contributed by atoms with van der Waals surface area (Å²) in [6, 6.07) is 26.1. The second kappa shape index (κ2) is 4.92. The first-order valence-corrected chi connectivity index (χ1v) is 7.38. The maximum atomic E-state index is 6.38. The minimum absolute atomic E-state index is 0.785. The fraction of sp³-hybridized carbons (Fsp3) is 0.100. The average Bonchev–Trinajstić information content (AvgIpc) is 2.99. The van der Waals surface area contributed by atoms with Gasteiger partial charge >= 0.3 is 5.79 Å². The first kappa shape index (κ1) is 13.0. The van der Waals surface area contributed by atoms with E-state index in [1.54, 1.807) is 0 Å². The van der Waals surface area contributed by atoms with Crippen LogP contribution in [0.15, 0.2) is 78.9 Å². The maximum absolute atomic E-state index is 6.38. The van der Waals surface area contributed by atoms with E-state index >= 15 is 0 Å². The van der Waals surface area contributed by atoms with E-state index in [1.165, 1.54) is 0 Å². The van der Waals surface area contributed by atoms with E-state index in [1.807, 2.05) is 85.8 Å². The van der Waals surface area contributed by atoms with Gasteiger partial charge in [-0.3, -0.25) is 0 Å². The smallest absolute Gasteiger partial charge is 0.305 e. The minimum Gasteiger partial charge on any atom is -0.440 e. The highest BCUT2D eigenvalue weighted by atomic mass is 16.7. The van der Waals surface area contributed by atoms with Crippen LogP contribution in [0.1, 0.15) is 16.7 Å². The molecule has 0 unspecified atom stereocenters. The lowest BCUT2D eigenvalue weighted by Crippen LogP contribution is -2.36. The largest absolute Gasteiger partial charge is 0.440 e. The normalized spacial score (nSPS) is 14.8. The van der Waals surface area contributed by atoms with Gasteiger partial charge in [-0.15, -0.1) is 0 Å². The van der Waals surface area contributed by atoms with Crippen molar-refractivity contribution in [3.05, 3.63) is 95.6 Å². The minimum atomic E-state index is -0.920. The maximum Gasteiger partial charge on any atom is 0.305 e. The molecule has 4 rings (SSSR count). The Hall–Kier alpha value is -2.74. The van der Waals surface area contributed by atoms with Crippen LogP contribution >= 0.6 is 0 Å². The molecule has 0 bridgehead atoms. The number of para-hydroxylation sites is 1. The molecule has 3 aromatic rings. The lowest BCUT2D eigenvalue weighted by molar-refractivity contribution is -0.0461. The molecule has 0 fully saturated rings. The van der Waals surface area contributed by atoms with Gasteiger partial charge in [0.2, 0.25) is 0 Å². The van der Waals surface area contributed by atoms with Gasteiger partial charge in [-0.2, -0.15) is 0 Å². The Morgan fingerprint density at radius 1 is 0.636 bits per heavy atom. The zero-order chi connectivity index (χ0) is 15.0. The number of aryl methyl sites for hydroxylation is 1. The van der Waals surface area contributed by atoms with Crippen LogP contribution < -0.4 is 9.47 Å². The van der Waals surface area contributed by atoms with E-state index in [2.05, 4.69) is 0 Å². The SMILES string of the molecule is Cc1cccc2c1OC(c1ccccc1)(c1ccccc1)O2. The highest BCUT2D eigenvalue weighted by molar-refractivity contribution is 5.52. The van der Waals surface area contributed by atoms with Crippen molar-refractivity contribution < 1.29 is 9.47 Å². The van der Waals surface area contributed by atoms with E-state index in [0.717, 1.165) is 28.2 Å². The zero-order valence-electron chi connectivity index (χ0n) is 12.3. The molecule has 2 heteroatoms. The van der Waals surface area contributed by atoms with Gasteiger partial charge in [0.05, 0.1) is 0 Å². The van der Waals surface area contributed by atoms with Crippen LogP contribution in [-0.2, 0) is 5.79 Å². The molecule has 108 valence electrons. The Morgan fingerprint density at radius 2 is 1.23 bits per heavy atom. The molecule has 0 atom stereocenters. The van der Waals surface area contributed by atoms with Crippen LogP contribution in [0.5, 0.6) is 11.5 Å². The molecule has 22 heavy (non-hydrogen) atoms. The fourth-order valence-electron chi connectivity index (χ4n) is 2.87. The summed E-state index contributed by atoms with van der Waals surface area (Å²) in [7, 11) is 0. The van der Waals surface area contributed by atoms with E-state index in [-0.39, 0.29) is 0 Å². The Morgan fingerprint density at radius 3 is 1.77 bits per heavy atom. The molecule has 1 aliphatic rings. The number of rotatable bonds is 2. The zero-order valence-corrected chi connectivity index (χ0v) is 12.3. The van der Waals surface area contributed by atoms with E-state index in [0.29, 0.717) is 0 Å². The van der Waals surface area contributed by atoms with Crippen LogP contribution in [0.3, 0.4) is 0 Å². The molecule has 0 N–H and O–H groups in total. The van der Waals surface area contributed by atoms with Crippen molar-refractivity contribution in [2.45, 2.75) is 12.7 Å². The first-order chi connectivity index (χ1) is 10.8. The molecule has 1 aliphatic heterocycles. The number of benzene rings is 3. The molecule has 0 amide bonds. The second-order valence-electron chi connectivity index (χ2n) is 5.45. The van der Waals surface area contributed by atoms with Gasteiger partial charge in [-0.25, -0.2) is 0 Å². The third-order valence-electron chi connectivity index (χ3n) is 3.98. The van der Waals surface area contributed by atoms with Crippen LogP contribution in [0, 0.1) is 6.92 Å². The average molecular weight is 288 g/mol. The number of ether oxygens (including phenoxy) is 2. The molecular formula is C20H16O2. The number of fused-ring (bicyclic) bond motifs is 1. The van der Waals surface area contributed by atoms with Gasteiger partial charge < -0.3 is 9.47 Å². The van der Waals surface area contributed by atoms with Gasteiger partial charge in [0.15, 0.2) is 11.5 Å². The third-order valence-corrected chi connectivity index (χ3v) is 3.98. The van der Waals surface area contributed by atoms with Crippen LogP contribution in [0.4, 0.5) is 0 Å². The Bertz CT molecular complexity index is 755. The third kappa shape index (κ3) is 1.88. The standard InChI is InChI=1S/C20H16O2/c1-15-9-8-14-18-19(15)22-20(21-18,16-10-4-2-5-11-16)17-12-6-3-7-13-17/h2-14H,1H3. The summed E-state index contributed by atoms with van der Waals surface area (Å²) in [5, 5.41) is 0. The number of hydrogen-bond acceptors (Lipinski definition) is 2. The topological polar surface area (TPSA) is 18.5 Å². The van der Waals surface area contributed by atoms with Crippen molar-refractivity contribution in [3.8, 4) is 11.5 Å². The Labute approximate surface area is 129 Å². The predicted molar refractivity (Wildman–Crippen MR) is 86.1 cm³/mol. The van der Waals surface area contributed by atoms with Crippen molar-refractivity contribution >= 4 is 0 Å². The summed E-state index contributed by atoms with van der Waals surface area (Å²) < 4.78 is 12.7. The quantitative estimate of drug-likeness (QED) is 0.682. The molecular weight excluding hydrogens is 272 g/mol. The van der Waals surface area contributed by atoms with Crippen molar-refractivity contribution in [2.75, 3.05) is 0 Å². The number of hydrogen-bond donors (Lipinski definition) is 0. The molecule has 0 saturated heterocycles. The van der Waals surface area contributed by atoms with Crippen molar-refractivity contribution in [3.63, 3.8) is 0 Å². The van der Waals surface area contributed by atoms with Gasteiger partial charge in [0.25, 0.3) is 0 Å². The highest BCUT2D eigenvalue weighted by Crippen LogP contribution is 2.48. The molecule has 0 spiro atoms. The van der Waals surface area contributed by atoms with Gasteiger partial charge in [0, 0.05) is 11.1 Å². The Balaban J connectivity index is 1.92. The monoisotopic (exact) mass is 288 g/mol. The highest BCUT2D eigenvalue weighted by Gasteiger charge is 2.45. The molecule has 2 nitrogen and oxygen atoms in total. The molecule has 0 saturated carbocycles. The predicted octanol–water partition coefficient (Wildman–Crippen LogP) is 4.67. The van der Waals surface area contributed by atoms with Crippen molar-refractivity contribution in [1.29, 1.82) is 0 Å². The van der Waals surface area contributed by atoms with Crippen LogP contribution in [0.25, 0.3) is 0 Å². The van der Waals surface area contributed by atoms with Gasteiger partial charge in [-0.05, 0) is 18.6 Å². The van der Waals surface area contributed by atoms with E-state index < -0.39 is 5.79 Å². The molecule has 0 radical (unpaired) electrons. The summed E-state index contributed by atoms with van der Waals surface area (Å²) in [5.41, 5.74) is 3.04. The van der Waals surface area contributed by atoms with Crippen molar-refractivity contribution in [1.82, 2.24) is 0 Å². The Kier molecular flexibility index (Phi) is 2.90. The van der Waals surface area contributed by atoms with Crippen molar-refractivity contribution in [2.24, 2.45) is 0 Å². The summed E-state index contributed by atoms with van der Waals surface area (Å²) in [4.78, 5) is 0. The molecule has 3 aromatic carbocycles. The van der Waals surface area contributed by atoms with E-state index in [4.69, 9.17) is 9.47 Å². The summed E-state index contributed by atoms with van der Waals surface area (Å²) in [5.74, 6) is 0.680. The summed E-state index contributed by atoms with van der Waals surface area (Å²) in [6.07, 6.45) is 0. The van der Waals surface area contributed by atoms with Crippen LogP contribution in [0.2, 0.25) is 0 Å². The first-order valence-electron chi connectivity index (χ1n) is 7.38. The molecule has 0 aliphatic carbocycles. The lowest BCUT2D eigenvalue weighted by atomic mass is 9.97. The summed E-state index contributed by atoms with van der Waals surface area (Å²) >= 11 is 0. The molecule has 1 heterocycles. The lowest BCUT2D eigenvalue weighted by Gasteiger charge is -2.28. The molecule has 0 aromatic heterocycles. The fourth-order valence-corrected chi connectivity index (χ4v) is 2.87. The van der Waals surface area contributed by atoms with Gasteiger partial charge in [-0.1, -0.05) is 72.8 Å². The summed E-state index contributed by atoms with van der Waals surface area (Å²) in [6.45, 7) is 2.04. The van der Waals surface area contributed by atoms with E-state index in [9.17, 15) is 0 Å². The second-order valence-corrected chi connectivity index (χ2v) is 5.45. The van der Waals surface area contributed by atoms with Gasteiger partial charge in [0.1, 0.15) is 0 Å². The van der Waals surface area contributed by atoms with Crippen LogP contribution in [-0.4, -0.2) is 0 Å².